The van der Waals surface area contributed by atoms with E-state index >= 15 is 0 Å². The number of nitrogens with two attached hydrogens (primary N) is 1. The van der Waals surface area contributed by atoms with Gasteiger partial charge >= 0.3 is 0 Å². The van der Waals surface area contributed by atoms with E-state index in [1.165, 1.54) is 5.56 Å². The number of imidazole rings is 1. The third-order valence-corrected chi connectivity index (χ3v) is 3.52. The molecule has 4 heteroatoms. The van der Waals surface area contributed by atoms with Crippen LogP contribution in [0.25, 0.3) is 0 Å². The second-order valence-corrected chi connectivity index (χ2v) is 4.71. The van der Waals surface area contributed by atoms with E-state index in [-0.39, 0.29) is 0 Å². The van der Waals surface area contributed by atoms with Crippen LogP contribution in [0.4, 0.5) is 0 Å². The van der Waals surface area contributed by atoms with Crippen molar-refractivity contribution in [3.05, 3.63) is 53.6 Å². The number of carbonyl (C=O) groups excluding carboxylic acids is 1. The summed E-state index contributed by atoms with van der Waals surface area (Å²) in [6, 6.07) is 10.5. The summed E-state index contributed by atoms with van der Waals surface area (Å²) in [5, 5.41) is 0. The van der Waals surface area contributed by atoms with Crippen molar-refractivity contribution < 1.29 is 4.79 Å². The van der Waals surface area contributed by atoms with Crippen LogP contribution >= 0.6 is 0 Å². The molecule has 2 aromatic rings. The largest absolute Gasteiger partial charge is 0.364 e. The number of amides is 1. The molecule has 0 bridgehead atoms. The van der Waals surface area contributed by atoms with E-state index in [0.29, 0.717) is 11.6 Å². The Kier molecular flexibility index (Phi) is 2.63. The highest BCUT2D eigenvalue weighted by Gasteiger charge is 2.22. The first-order valence-electron chi connectivity index (χ1n) is 6.15. The molecule has 1 aliphatic rings. The van der Waals surface area contributed by atoms with Gasteiger partial charge in [-0.2, -0.15) is 0 Å². The van der Waals surface area contributed by atoms with Crippen LogP contribution in [0.5, 0.6) is 0 Å². The molecule has 1 amide bonds. The van der Waals surface area contributed by atoms with Crippen LogP contribution in [0.15, 0.2) is 36.5 Å². The smallest absolute Gasteiger partial charge is 0.268 e. The van der Waals surface area contributed by atoms with E-state index < -0.39 is 5.91 Å². The molecule has 0 fully saturated rings. The molecule has 1 aromatic heterocycles. The number of hydrogen-bond acceptors (Lipinski definition) is 2. The van der Waals surface area contributed by atoms with Gasteiger partial charge in [0.1, 0.15) is 11.5 Å². The molecule has 92 valence electrons. The minimum absolute atomic E-state index is 0.374. The van der Waals surface area contributed by atoms with Crippen molar-refractivity contribution in [2.75, 3.05) is 0 Å². The van der Waals surface area contributed by atoms with E-state index in [9.17, 15) is 4.79 Å². The van der Waals surface area contributed by atoms with Crippen LogP contribution in [0, 0.1) is 0 Å². The molecular formula is C14H15N3O. The van der Waals surface area contributed by atoms with E-state index in [0.717, 1.165) is 25.2 Å². The van der Waals surface area contributed by atoms with Gasteiger partial charge in [-0.25, -0.2) is 4.98 Å². The second-order valence-electron chi connectivity index (χ2n) is 4.71. The minimum Gasteiger partial charge on any atom is -0.364 e. The molecule has 0 radical (unpaired) electrons. The highest BCUT2D eigenvalue weighted by Crippen LogP contribution is 2.28. The van der Waals surface area contributed by atoms with Crippen LogP contribution < -0.4 is 5.73 Å². The molecule has 2 N–H and O–H groups in total. The van der Waals surface area contributed by atoms with Gasteiger partial charge in [-0.05, 0) is 12.0 Å². The lowest BCUT2D eigenvalue weighted by Gasteiger charge is -2.23. The molecule has 2 heterocycles. The molecule has 0 aliphatic carbocycles. The van der Waals surface area contributed by atoms with Crippen LogP contribution in [-0.2, 0) is 13.0 Å². The van der Waals surface area contributed by atoms with Gasteiger partial charge in [0.2, 0.25) is 0 Å². The van der Waals surface area contributed by atoms with Gasteiger partial charge in [-0.15, -0.1) is 0 Å². The number of benzene rings is 1. The maximum Gasteiger partial charge on any atom is 0.268 e. The number of nitrogens with zero attached hydrogens (tertiary/aromatic N) is 2. The van der Waals surface area contributed by atoms with E-state index in [2.05, 4.69) is 33.8 Å². The van der Waals surface area contributed by atoms with E-state index in [1.54, 1.807) is 6.20 Å². The molecule has 1 unspecified atom stereocenters. The monoisotopic (exact) mass is 241 g/mol. The molecule has 1 aromatic carbocycles. The average molecular weight is 241 g/mol. The summed E-state index contributed by atoms with van der Waals surface area (Å²) in [6.07, 6.45) is 3.73. The summed E-state index contributed by atoms with van der Waals surface area (Å²) in [7, 11) is 0. The van der Waals surface area contributed by atoms with Gasteiger partial charge in [0.25, 0.3) is 5.91 Å². The Morgan fingerprint density at radius 1 is 1.33 bits per heavy atom. The molecule has 0 saturated heterocycles. The number of fused-ring (bicyclic) bond motifs is 1. The number of primary amides is 1. The molecule has 1 aliphatic heterocycles. The molecular weight excluding hydrogens is 226 g/mol. The molecule has 1 atom stereocenters. The maximum atomic E-state index is 11.1. The second kappa shape index (κ2) is 4.29. The summed E-state index contributed by atoms with van der Waals surface area (Å²) >= 11 is 0. The lowest BCUT2D eigenvalue weighted by molar-refractivity contribution is 0.0996. The number of carbonyl (C=O) groups is 1. The third kappa shape index (κ3) is 1.90. The zero-order valence-electron chi connectivity index (χ0n) is 10.0. The van der Waals surface area contributed by atoms with Gasteiger partial charge < -0.3 is 10.3 Å². The SMILES string of the molecule is NC(=O)c1cn2c(n1)CCC(c1ccccc1)C2. The lowest BCUT2D eigenvalue weighted by Crippen LogP contribution is -2.18. The van der Waals surface area contributed by atoms with Gasteiger partial charge in [0.15, 0.2) is 0 Å². The molecule has 0 saturated carbocycles. The standard InChI is InChI=1S/C14H15N3O/c15-14(18)12-9-17-8-11(6-7-13(17)16-12)10-4-2-1-3-5-10/h1-5,9,11H,6-8H2,(H2,15,18). The van der Waals surface area contributed by atoms with Gasteiger partial charge in [0.05, 0.1) is 0 Å². The highest BCUT2D eigenvalue weighted by atomic mass is 16.1. The number of rotatable bonds is 2. The molecule has 0 spiro atoms. The highest BCUT2D eigenvalue weighted by molar-refractivity contribution is 5.90. The third-order valence-electron chi connectivity index (χ3n) is 3.52. The first-order valence-corrected chi connectivity index (χ1v) is 6.15. The van der Waals surface area contributed by atoms with E-state index in [4.69, 9.17) is 5.73 Å². The first kappa shape index (κ1) is 11.0. The topological polar surface area (TPSA) is 60.9 Å². The Morgan fingerprint density at radius 2 is 2.11 bits per heavy atom. The fourth-order valence-electron chi connectivity index (χ4n) is 2.56. The fraction of sp³-hybridized carbons (Fsp3) is 0.286. The maximum absolute atomic E-state index is 11.1. The Balaban J connectivity index is 1.87. The predicted octanol–water partition coefficient (Wildman–Crippen LogP) is 1.71. The molecule has 18 heavy (non-hydrogen) atoms. The fourth-order valence-corrected chi connectivity index (χ4v) is 2.56. The van der Waals surface area contributed by atoms with E-state index in [1.807, 2.05) is 6.07 Å². The van der Waals surface area contributed by atoms with Crippen molar-refractivity contribution in [1.29, 1.82) is 0 Å². The summed E-state index contributed by atoms with van der Waals surface area (Å²) < 4.78 is 2.06. The summed E-state index contributed by atoms with van der Waals surface area (Å²) in [6.45, 7) is 0.875. The van der Waals surface area contributed by atoms with Crippen molar-refractivity contribution in [1.82, 2.24) is 9.55 Å². The average Bonchev–Trinajstić information content (AvgIpc) is 2.82. The van der Waals surface area contributed by atoms with Crippen molar-refractivity contribution in [3.63, 3.8) is 0 Å². The number of hydrogen-bond donors (Lipinski definition) is 1. The Hall–Kier alpha value is -2.10. The molecule has 3 rings (SSSR count). The predicted molar refractivity (Wildman–Crippen MR) is 68.2 cm³/mol. The Labute approximate surface area is 105 Å². The van der Waals surface area contributed by atoms with Crippen LogP contribution in [0.2, 0.25) is 0 Å². The number of aryl methyl sites for hydroxylation is 1. The van der Waals surface area contributed by atoms with Crippen molar-refractivity contribution in [2.24, 2.45) is 5.73 Å². The van der Waals surface area contributed by atoms with Crippen LogP contribution in [-0.4, -0.2) is 15.5 Å². The van der Waals surface area contributed by atoms with Gasteiger partial charge in [-0.3, -0.25) is 4.79 Å². The zero-order chi connectivity index (χ0) is 12.5. The summed E-state index contributed by atoms with van der Waals surface area (Å²) in [5.74, 6) is 1.01. The van der Waals surface area contributed by atoms with Crippen molar-refractivity contribution in [2.45, 2.75) is 25.3 Å². The summed E-state index contributed by atoms with van der Waals surface area (Å²) in [5.41, 5.74) is 6.98. The summed E-state index contributed by atoms with van der Waals surface area (Å²) in [4.78, 5) is 15.4. The van der Waals surface area contributed by atoms with Crippen molar-refractivity contribution >= 4 is 5.91 Å². The normalized spacial score (nSPS) is 18.3. The minimum atomic E-state index is -0.451. The molecule has 4 nitrogen and oxygen atoms in total. The quantitative estimate of drug-likeness (QED) is 0.870. The first-order chi connectivity index (χ1) is 8.74. The zero-order valence-corrected chi connectivity index (χ0v) is 10.0. The number of aromatic nitrogens is 2. The Bertz CT molecular complexity index is 574. The lowest BCUT2D eigenvalue weighted by atomic mass is 9.92. The van der Waals surface area contributed by atoms with Gasteiger partial charge in [0, 0.05) is 25.1 Å². The Morgan fingerprint density at radius 3 is 2.83 bits per heavy atom. The van der Waals surface area contributed by atoms with Crippen molar-refractivity contribution in [3.8, 4) is 0 Å². The van der Waals surface area contributed by atoms with Crippen LogP contribution in [0.3, 0.4) is 0 Å². The van der Waals surface area contributed by atoms with Gasteiger partial charge in [-0.1, -0.05) is 30.3 Å². The van der Waals surface area contributed by atoms with Crippen LogP contribution in [0.1, 0.15) is 34.2 Å².